The molecule has 0 aliphatic rings. The lowest BCUT2D eigenvalue weighted by atomic mass is 10.7. The van der Waals surface area contributed by atoms with E-state index in [1.165, 1.54) is 6.07 Å². The Morgan fingerprint density at radius 2 is 2.67 bits per heavy atom. The maximum atomic E-state index is 9.67. The number of carbonyl (C=O) groups is 1. The molecule has 0 saturated carbocycles. The van der Waals surface area contributed by atoms with E-state index in [0.29, 0.717) is 6.47 Å². The monoisotopic (exact) mass is 146 g/mol. The van der Waals surface area contributed by atoms with E-state index < -0.39 is 0 Å². The molecule has 9 heavy (non-hydrogen) atoms. The quantitative estimate of drug-likeness (QED) is 0.622. The number of halogens is 1. The highest BCUT2D eigenvalue weighted by atomic mass is 35.5. The molecule has 0 aliphatic heterocycles. The Hall–Kier alpha value is -1.03. The molecule has 0 saturated heterocycles. The highest BCUT2D eigenvalue weighted by Gasteiger charge is 1.95. The number of ether oxygens (including phenoxy) is 1. The van der Waals surface area contributed by atoms with Crippen molar-refractivity contribution in [1.29, 1.82) is 0 Å². The van der Waals surface area contributed by atoms with Gasteiger partial charge in [-0.3, -0.25) is 4.79 Å². The number of aromatic amines is 1. The second-order valence-corrected chi connectivity index (χ2v) is 1.66. The summed E-state index contributed by atoms with van der Waals surface area (Å²) in [5.41, 5.74) is 0. The highest BCUT2D eigenvalue weighted by Crippen LogP contribution is 2.10. The average Bonchev–Trinajstić information content (AvgIpc) is 2.17. The number of carbonyl (C=O) groups excluding carboxylic acids is 1. The lowest BCUT2D eigenvalue weighted by Gasteiger charge is -1.84. The third kappa shape index (κ3) is 1.43. The first-order valence-corrected chi connectivity index (χ1v) is 2.52. The fourth-order valence-electron chi connectivity index (χ4n) is 0.393. The van der Waals surface area contributed by atoms with Crippen LogP contribution in [0.2, 0.25) is 5.15 Å². The smallest absolute Gasteiger partial charge is 0.299 e. The van der Waals surface area contributed by atoms with Crippen LogP contribution < -0.4 is 4.74 Å². The first-order chi connectivity index (χ1) is 4.33. The summed E-state index contributed by atoms with van der Waals surface area (Å²) in [7, 11) is 0. The summed E-state index contributed by atoms with van der Waals surface area (Å²) in [5, 5.41) is 6.13. The number of aromatic nitrogens is 2. The molecular formula is C4H3ClN2O2. The summed E-state index contributed by atoms with van der Waals surface area (Å²) < 4.78 is 4.34. The van der Waals surface area contributed by atoms with Crippen LogP contribution in [0.15, 0.2) is 6.07 Å². The summed E-state index contributed by atoms with van der Waals surface area (Å²) >= 11 is 5.36. The van der Waals surface area contributed by atoms with Gasteiger partial charge in [0.05, 0.1) is 0 Å². The number of nitrogens with one attached hydrogen (secondary N) is 1. The lowest BCUT2D eigenvalue weighted by molar-refractivity contribution is -0.120. The van der Waals surface area contributed by atoms with Crippen LogP contribution in [-0.4, -0.2) is 16.7 Å². The van der Waals surface area contributed by atoms with E-state index in [-0.39, 0.29) is 11.0 Å². The molecule has 1 aromatic rings. The van der Waals surface area contributed by atoms with Gasteiger partial charge >= 0.3 is 0 Å². The van der Waals surface area contributed by atoms with Crippen LogP contribution in [0.5, 0.6) is 5.88 Å². The van der Waals surface area contributed by atoms with Crippen LogP contribution in [0.4, 0.5) is 0 Å². The van der Waals surface area contributed by atoms with Crippen molar-refractivity contribution in [1.82, 2.24) is 10.2 Å². The molecule has 0 aliphatic carbocycles. The van der Waals surface area contributed by atoms with E-state index in [2.05, 4.69) is 14.9 Å². The number of hydrogen-bond donors (Lipinski definition) is 1. The molecule has 0 bridgehead atoms. The van der Waals surface area contributed by atoms with Crippen molar-refractivity contribution in [3.63, 3.8) is 0 Å². The van der Waals surface area contributed by atoms with Crippen molar-refractivity contribution in [3.8, 4) is 5.88 Å². The molecule has 0 spiro atoms. The third-order valence-electron chi connectivity index (χ3n) is 0.698. The topological polar surface area (TPSA) is 55.0 Å². The largest absolute Gasteiger partial charge is 0.410 e. The van der Waals surface area contributed by atoms with Gasteiger partial charge in [-0.05, 0) is 0 Å². The van der Waals surface area contributed by atoms with E-state index in [1.807, 2.05) is 0 Å². The van der Waals surface area contributed by atoms with Crippen LogP contribution in [-0.2, 0) is 4.79 Å². The van der Waals surface area contributed by atoms with Gasteiger partial charge in [0.1, 0.15) is 0 Å². The van der Waals surface area contributed by atoms with Crippen molar-refractivity contribution in [2.24, 2.45) is 0 Å². The van der Waals surface area contributed by atoms with E-state index in [4.69, 9.17) is 11.6 Å². The Labute approximate surface area is 55.8 Å². The molecule has 0 atom stereocenters. The summed E-state index contributed by atoms with van der Waals surface area (Å²) in [6.45, 7) is 0.295. The summed E-state index contributed by atoms with van der Waals surface area (Å²) in [6.07, 6.45) is 0. The fraction of sp³-hybridized carbons (Fsp3) is 0. The number of hydrogen-bond acceptors (Lipinski definition) is 3. The Morgan fingerprint density at radius 1 is 1.89 bits per heavy atom. The van der Waals surface area contributed by atoms with Crippen LogP contribution in [0, 0.1) is 0 Å². The molecule has 4 nitrogen and oxygen atoms in total. The van der Waals surface area contributed by atoms with Gasteiger partial charge in [-0.1, -0.05) is 11.6 Å². The number of H-pyrrole nitrogens is 1. The number of nitrogens with zero attached hydrogens (tertiary/aromatic N) is 1. The molecule has 5 heteroatoms. The van der Waals surface area contributed by atoms with Gasteiger partial charge in [-0.15, -0.1) is 0 Å². The highest BCUT2D eigenvalue weighted by molar-refractivity contribution is 6.29. The molecule has 48 valence electrons. The van der Waals surface area contributed by atoms with E-state index >= 15 is 0 Å². The summed E-state index contributed by atoms with van der Waals surface area (Å²) in [5.74, 6) is 0.245. The van der Waals surface area contributed by atoms with Gasteiger partial charge in [0.2, 0.25) is 5.88 Å². The minimum absolute atomic E-state index is 0.245. The summed E-state index contributed by atoms with van der Waals surface area (Å²) in [4.78, 5) is 9.67. The molecule has 0 fully saturated rings. The maximum absolute atomic E-state index is 9.67. The minimum Gasteiger partial charge on any atom is -0.410 e. The molecule has 0 amide bonds. The van der Waals surface area contributed by atoms with Crippen molar-refractivity contribution in [3.05, 3.63) is 11.2 Å². The second kappa shape index (κ2) is 2.50. The molecule has 0 aromatic carbocycles. The van der Waals surface area contributed by atoms with Gasteiger partial charge in [-0.25, -0.2) is 5.10 Å². The molecule has 1 aromatic heterocycles. The maximum Gasteiger partial charge on any atom is 0.299 e. The fourth-order valence-corrected chi connectivity index (χ4v) is 0.535. The third-order valence-corrected chi connectivity index (χ3v) is 0.892. The van der Waals surface area contributed by atoms with Gasteiger partial charge in [0.15, 0.2) is 5.15 Å². The van der Waals surface area contributed by atoms with Crippen LogP contribution in [0.1, 0.15) is 0 Å². The van der Waals surface area contributed by atoms with Crippen molar-refractivity contribution < 1.29 is 9.53 Å². The van der Waals surface area contributed by atoms with E-state index in [9.17, 15) is 4.79 Å². The zero-order chi connectivity index (χ0) is 6.69. The number of rotatable bonds is 2. The molecular weight excluding hydrogens is 144 g/mol. The molecule has 1 N–H and O–H groups in total. The van der Waals surface area contributed by atoms with Crippen molar-refractivity contribution >= 4 is 18.1 Å². The summed E-state index contributed by atoms with van der Waals surface area (Å²) in [6, 6.07) is 1.40. The zero-order valence-electron chi connectivity index (χ0n) is 4.30. The standard InChI is InChI=1S/C4H3ClN2O2/c5-3-1-4(7-6-3)9-2-8/h1-2H,(H,6,7). The minimum atomic E-state index is 0.245. The molecule has 0 unspecified atom stereocenters. The molecule has 1 rings (SSSR count). The Balaban J connectivity index is 2.72. The Kier molecular flexibility index (Phi) is 1.69. The van der Waals surface area contributed by atoms with Gasteiger partial charge < -0.3 is 4.74 Å². The van der Waals surface area contributed by atoms with Crippen molar-refractivity contribution in [2.75, 3.05) is 0 Å². The zero-order valence-corrected chi connectivity index (χ0v) is 5.05. The van der Waals surface area contributed by atoms with Crippen LogP contribution in [0.3, 0.4) is 0 Å². The van der Waals surface area contributed by atoms with Gasteiger partial charge in [0.25, 0.3) is 6.47 Å². The van der Waals surface area contributed by atoms with Crippen molar-refractivity contribution in [2.45, 2.75) is 0 Å². The molecule has 1 heterocycles. The van der Waals surface area contributed by atoms with E-state index in [0.717, 1.165) is 0 Å². The first kappa shape index (κ1) is 6.10. The SMILES string of the molecule is O=COc1cc(Cl)n[nH]1. The van der Waals surface area contributed by atoms with Crippen LogP contribution >= 0.6 is 11.6 Å². The Morgan fingerprint density at radius 3 is 3.11 bits per heavy atom. The second-order valence-electron chi connectivity index (χ2n) is 1.27. The van der Waals surface area contributed by atoms with Crippen LogP contribution in [0.25, 0.3) is 0 Å². The predicted octanol–water partition coefficient (Wildman–Crippen LogP) is 0.598. The van der Waals surface area contributed by atoms with Gasteiger partial charge in [0, 0.05) is 6.07 Å². The van der Waals surface area contributed by atoms with Gasteiger partial charge in [-0.2, -0.15) is 5.10 Å². The first-order valence-electron chi connectivity index (χ1n) is 2.14. The van der Waals surface area contributed by atoms with E-state index in [1.54, 1.807) is 0 Å². The average molecular weight is 147 g/mol. The normalized spacial score (nSPS) is 9.00. The lowest BCUT2D eigenvalue weighted by Crippen LogP contribution is -1.87. The molecule has 0 radical (unpaired) electrons. The Bertz CT molecular complexity index is 210. The predicted molar refractivity (Wildman–Crippen MR) is 30.3 cm³/mol.